The number of thiazole rings is 1. The number of aromatic nitrogens is 1. The first-order chi connectivity index (χ1) is 19.4. The van der Waals surface area contributed by atoms with Crippen molar-refractivity contribution in [1.82, 2.24) is 15.2 Å². The average Bonchev–Trinajstić information content (AvgIpc) is 3.43. The van der Waals surface area contributed by atoms with Crippen molar-refractivity contribution in [2.45, 2.75) is 17.7 Å². The van der Waals surface area contributed by atoms with Gasteiger partial charge in [0.05, 0.1) is 20.3 Å². The molecule has 40 heavy (non-hydrogen) atoms. The average molecular weight is 596 g/mol. The third kappa shape index (κ3) is 5.41. The minimum Gasteiger partial charge on any atom is -0.351 e. The highest BCUT2D eigenvalue weighted by Crippen LogP contribution is 2.33. The maximum absolute atomic E-state index is 13.4. The number of hydrogen-bond acceptors (Lipinski definition) is 7. The minimum absolute atomic E-state index is 0.189. The van der Waals surface area contributed by atoms with Crippen LogP contribution in [0.1, 0.15) is 22.3 Å². The van der Waals surface area contributed by atoms with Crippen LogP contribution in [0.15, 0.2) is 71.6 Å². The summed E-state index contributed by atoms with van der Waals surface area (Å²) in [5.74, 6) is -0.211. The van der Waals surface area contributed by atoms with Crippen LogP contribution in [0.25, 0.3) is 10.2 Å². The topological polar surface area (TPSA) is 85.9 Å². The van der Waals surface area contributed by atoms with E-state index in [0.717, 1.165) is 72.2 Å². The van der Waals surface area contributed by atoms with Crippen LogP contribution in [0.3, 0.4) is 0 Å². The van der Waals surface area contributed by atoms with Gasteiger partial charge in [-0.2, -0.15) is 0 Å². The number of sulfonamides is 1. The Bertz CT molecular complexity index is 1630. The zero-order valence-electron chi connectivity index (χ0n) is 21.9. The number of carbonyl (C=O) groups excluding carboxylic acids is 1. The van der Waals surface area contributed by atoms with E-state index in [0.29, 0.717) is 23.7 Å². The number of carbonyl (C=O) groups is 1. The number of fused-ring (bicyclic) bond motifs is 2. The molecule has 3 heterocycles. The maximum atomic E-state index is 13.4. The van der Waals surface area contributed by atoms with Crippen molar-refractivity contribution in [3.63, 3.8) is 0 Å². The van der Waals surface area contributed by atoms with Crippen LogP contribution in [0.5, 0.6) is 0 Å². The molecule has 1 fully saturated rings. The number of amides is 1. The van der Waals surface area contributed by atoms with E-state index in [1.54, 1.807) is 23.5 Å². The Morgan fingerprint density at radius 2 is 1.73 bits per heavy atom. The number of benzene rings is 3. The molecule has 0 spiro atoms. The molecule has 2 aliphatic rings. The molecule has 1 saturated heterocycles. The van der Waals surface area contributed by atoms with Gasteiger partial charge in [-0.1, -0.05) is 47.2 Å². The predicted molar refractivity (Wildman–Crippen MR) is 161 cm³/mol. The van der Waals surface area contributed by atoms with Crippen molar-refractivity contribution >= 4 is 59.9 Å². The van der Waals surface area contributed by atoms with Crippen molar-refractivity contribution in [2.75, 3.05) is 55.0 Å². The minimum atomic E-state index is -3.70. The lowest BCUT2D eigenvalue weighted by Crippen LogP contribution is -2.48. The number of nitrogens with zero attached hydrogens (tertiary/aromatic N) is 4. The third-order valence-corrected chi connectivity index (χ3v) is 10.7. The van der Waals surface area contributed by atoms with Crippen LogP contribution in [-0.4, -0.2) is 70.0 Å². The van der Waals surface area contributed by atoms with Crippen molar-refractivity contribution in [3.8, 4) is 0 Å². The van der Waals surface area contributed by atoms with E-state index in [2.05, 4.69) is 15.1 Å². The summed E-state index contributed by atoms with van der Waals surface area (Å²) in [7, 11) is -3.70. The second kappa shape index (κ2) is 11.4. The molecular weight excluding hydrogens is 566 g/mol. The van der Waals surface area contributed by atoms with Gasteiger partial charge < -0.3 is 10.2 Å². The van der Waals surface area contributed by atoms with Gasteiger partial charge in [-0.25, -0.2) is 13.4 Å². The van der Waals surface area contributed by atoms with Crippen LogP contribution >= 0.6 is 22.9 Å². The molecule has 1 N–H and O–H groups in total. The van der Waals surface area contributed by atoms with Crippen LogP contribution in [-0.2, 0) is 16.4 Å². The summed E-state index contributed by atoms with van der Waals surface area (Å²) in [6.45, 7) is 5.19. The number of piperazine rings is 1. The molecule has 1 aromatic heterocycles. The molecule has 3 aromatic carbocycles. The van der Waals surface area contributed by atoms with Gasteiger partial charge in [-0.05, 0) is 60.9 Å². The molecule has 0 unspecified atom stereocenters. The Morgan fingerprint density at radius 1 is 0.950 bits per heavy atom. The summed E-state index contributed by atoms with van der Waals surface area (Å²) in [6, 6.07) is 19.7. The largest absolute Gasteiger partial charge is 0.351 e. The summed E-state index contributed by atoms with van der Waals surface area (Å²) in [5.41, 5.74) is 3.08. The molecule has 0 aliphatic carbocycles. The number of hydrogen-bond donors (Lipinski definition) is 1. The SMILES string of the molecule is O=C(NCCN1CCN(c2nc3c(Cl)cccc3s2)CC1)c1ccc(S(=O)(=O)N2CCCc3ccccc32)cc1. The van der Waals surface area contributed by atoms with Gasteiger partial charge in [0.2, 0.25) is 0 Å². The predicted octanol–water partition coefficient (Wildman–Crippen LogP) is 4.64. The second-order valence-electron chi connectivity index (χ2n) is 10.0. The highest BCUT2D eigenvalue weighted by Gasteiger charge is 2.29. The number of nitrogens with one attached hydrogen (secondary N) is 1. The van der Waals surface area contributed by atoms with Gasteiger partial charge in [0.15, 0.2) is 5.13 Å². The third-order valence-electron chi connectivity index (χ3n) is 7.49. The Morgan fingerprint density at radius 3 is 2.50 bits per heavy atom. The van der Waals surface area contributed by atoms with E-state index in [1.165, 1.54) is 16.4 Å². The van der Waals surface area contributed by atoms with Crippen molar-refractivity contribution in [2.24, 2.45) is 0 Å². The quantitative estimate of drug-likeness (QED) is 0.335. The molecule has 8 nitrogen and oxygen atoms in total. The Kier molecular flexibility index (Phi) is 7.67. The Hall–Kier alpha value is -3.18. The lowest BCUT2D eigenvalue weighted by Gasteiger charge is -2.34. The van der Waals surface area contributed by atoms with Gasteiger partial charge in [0.1, 0.15) is 5.52 Å². The maximum Gasteiger partial charge on any atom is 0.264 e. The number of anilines is 2. The molecule has 0 saturated carbocycles. The van der Waals surface area contributed by atoms with E-state index in [4.69, 9.17) is 16.6 Å². The van der Waals surface area contributed by atoms with Crippen LogP contribution < -0.4 is 14.5 Å². The van der Waals surface area contributed by atoms with Gasteiger partial charge in [-0.15, -0.1) is 0 Å². The fourth-order valence-electron chi connectivity index (χ4n) is 5.29. The number of rotatable bonds is 7. The van der Waals surface area contributed by atoms with E-state index >= 15 is 0 Å². The summed E-state index contributed by atoms with van der Waals surface area (Å²) in [4.78, 5) is 22.3. The monoisotopic (exact) mass is 595 g/mol. The van der Waals surface area contributed by atoms with Crippen LogP contribution in [0.4, 0.5) is 10.8 Å². The summed E-state index contributed by atoms with van der Waals surface area (Å²) < 4.78 is 29.3. The van der Waals surface area contributed by atoms with Gasteiger partial charge >= 0.3 is 0 Å². The van der Waals surface area contributed by atoms with E-state index < -0.39 is 10.0 Å². The van der Waals surface area contributed by atoms with Crippen molar-refractivity contribution in [3.05, 3.63) is 82.9 Å². The highest BCUT2D eigenvalue weighted by atomic mass is 35.5. The first kappa shape index (κ1) is 27.0. The van der Waals surface area contributed by atoms with E-state index in [1.807, 2.05) is 42.5 Å². The smallest absolute Gasteiger partial charge is 0.264 e. The molecule has 0 bridgehead atoms. The normalized spacial score (nSPS) is 16.2. The first-order valence-corrected chi connectivity index (χ1v) is 16.0. The van der Waals surface area contributed by atoms with Gasteiger partial charge in [-0.3, -0.25) is 14.0 Å². The lowest BCUT2D eigenvalue weighted by molar-refractivity contribution is 0.0947. The summed E-state index contributed by atoms with van der Waals surface area (Å²) in [5, 5.41) is 4.64. The standard InChI is InChI=1S/C29H30ClN5O3S2/c30-24-7-3-9-26-27(24)32-29(39-26)34-19-17-33(18-20-34)16-14-31-28(36)22-10-12-23(13-11-22)40(37,38)35-15-4-6-21-5-1-2-8-25(21)35/h1-3,5,7-13H,4,6,14-20H2,(H,31,36). The Labute approximate surface area is 243 Å². The van der Waals surface area contributed by atoms with E-state index in [9.17, 15) is 13.2 Å². The van der Waals surface area contributed by atoms with Crippen LogP contribution in [0.2, 0.25) is 5.02 Å². The number of para-hydroxylation sites is 2. The molecule has 0 atom stereocenters. The molecule has 1 amide bonds. The highest BCUT2D eigenvalue weighted by molar-refractivity contribution is 7.92. The molecule has 2 aliphatic heterocycles. The zero-order chi connectivity index (χ0) is 27.7. The molecule has 4 aromatic rings. The fourth-order valence-corrected chi connectivity index (χ4v) is 8.14. The van der Waals surface area contributed by atoms with Crippen molar-refractivity contribution in [1.29, 1.82) is 0 Å². The second-order valence-corrected chi connectivity index (χ2v) is 13.3. The summed E-state index contributed by atoms with van der Waals surface area (Å²) in [6.07, 6.45) is 1.65. The van der Waals surface area contributed by atoms with Gasteiger partial charge in [0.25, 0.3) is 15.9 Å². The lowest BCUT2D eigenvalue weighted by atomic mass is 10.0. The number of halogens is 1. The molecule has 208 valence electrons. The number of aryl methyl sites for hydroxylation is 1. The Balaban J connectivity index is 1.00. The zero-order valence-corrected chi connectivity index (χ0v) is 24.3. The molecule has 0 radical (unpaired) electrons. The molecule has 6 rings (SSSR count). The first-order valence-electron chi connectivity index (χ1n) is 13.4. The van der Waals surface area contributed by atoms with Crippen LogP contribution in [0, 0.1) is 0 Å². The van der Waals surface area contributed by atoms with Crippen molar-refractivity contribution < 1.29 is 13.2 Å². The summed E-state index contributed by atoms with van der Waals surface area (Å²) >= 11 is 7.95. The van der Waals surface area contributed by atoms with Gasteiger partial charge in [0, 0.05) is 51.4 Å². The molecule has 11 heteroatoms. The fraction of sp³-hybridized carbons (Fsp3) is 0.310. The van der Waals surface area contributed by atoms with E-state index in [-0.39, 0.29) is 10.8 Å². The molecular formula is C29H30ClN5O3S2.